The number of benzene rings is 4. The molecule has 202 valence electrons. The quantitative estimate of drug-likeness (QED) is 0.225. The molecule has 0 spiro atoms. The Bertz CT molecular complexity index is 1990. The Balaban J connectivity index is 1.25. The smallest absolute Gasteiger partial charge is 0.0736 e. The second-order valence-corrected chi connectivity index (χ2v) is 11.6. The summed E-state index contributed by atoms with van der Waals surface area (Å²) < 4.78 is 0. The normalized spacial score (nSPS) is 15.9. The zero-order valence-electron chi connectivity index (χ0n) is 23.8. The molecular formula is C40H32N2. The van der Waals surface area contributed by atoms with Crippen LogP contribution in [0.15, 0.2) is 139 Å². The van der Waals surface area contributed by atoms with Gasteiger partial charge in [0.15, 0.2) is 0 Å². The Hall–Kier alpha value is -4.95. The number of pyridine rings is 1. The third kappa shape index (κ3) is 4.23. The summed E-state index contributed by atoms with van der Waals surface area (Å²) >= 11 is 0. The van der Waals surface area contributed by atoms with E-state index in [1.165, 1.54) is 67.9 Å². The topological polar surface area (TPSA) is 16.1 Å². The fourth-order valence-electron chi connectivity index (χ4n) is 6.75. The van der Waals surface area contributed by atoms with Gasteiger partial charge in [-0.05, 0) is 96.9 Å². The summed E-state index contributed by atoms with van der Waals surface area (Å²) in [6.45, 7) is 2.24. The zero-order valence-corrected chi connectivity index (χ0v) is 23.8. The molecule has 0 bridgehead atoms. The van der Waals surface area contributed by atoms with E-state index in [9.17, 15) is 0 Å². The third-order valence-corrected chi connectivity index (χ3v) is 8.78. The average molecular weight is 541 g/mol. The van der Waals surface area contributed by atoms with Gasteiger partial charge in [-0.3, -0.25) is 0 Å². The number of hydrogen-bond acceptors (Lipinski definition) is 2. The number of rotatable bonds is 4. The van der Waals surface area contributed by atoms with Gasteiger partial charge in [-0.2, -0.15) is 0 Å². The van der Waals surface area contributed by atoms with E-state index in [4.69, 9.17) is 4.98 Å². The third-order valence-electron chi connectivity index (χ3n) is 8.78. The number of hydrogen-bond donors (Lipinski definition) is 0. The van der Waals surface area contributed by atoms with Crippen molar-refractivity contribution in [2.75, 3.05) is 4.90 Å². The van der Waals surface area contributed by atoms with E-state index >= 15 is 0 Å². The van der Waals surface area contributed by atoms with Crippen molar-refractivity contribution in [2.24, 2.45) is 0 Å². The van der Waals surface area contributed by atoms with Crippen LogP contribution in [0.3, 0.4) is 0 Å². The highest BCUT2D eigenvalue weighted by Crippen LogP contribution is 2.50. The first kappa shape index (κ1) is 24.8. The molecule has 8 rings (SSSR count). The molecule has 0 N–H and O–H groups in total. The monoisotopic (exact) mass is 540 g/mol. The minimum Gasteiger partial charge on any atom is -0.309 e. The van der Waals surface area contributed by atoms with Crippen LogP contribution in [0.2, 0.25) is 0 Å². The standard InChI is InChI=1S/C40H32N2/c1-27-11-7-14-29(23-27)30-15-8-16-31(24-30)32-17-9-18-33(25-32)42-38-21-6-5-19-34(38)35-26-37(28-12-3-2-4-13-28)41-36-20-10-22-39(42)40(35)36/h2-6,8,10,12-16,18-26H,7,9,11,17H2,1H3. The van der Waals surface area contributed by atoms with E-state index in [0.717, 1.165) is 36.0 Å². The molecule has 1 aromatic heterocycles. The van der Waals surface area contributed by atoms with Gasteiger partial charge in [-0.1, -0.05) is 96.6 Å². The lowest BCUT2D eigenvalue weighted by atomic mass is 9.89. The van der Waals surface area contributed by atoms with Crippen molar-refractivity contribution >= 4 is 33.4 Å². The summed E-state index contributed by atoms with van der Waals surface area (Å²) in [5, 5.41) is 1.21. The molecule has 0 radical (unpaired) electrons. The Morgan fingerprint density at radius 3 is 2.29 bits per heavy atom. The highest BCUT2D eigenvalue weighted by molar-refractivity contribution is 6.12. The summed E-state index contributed by atoms with van der Waals surface area (Å²) in [5.74, 6) is 0. The van der Waals surface area contributed by atoms with Crippen molar-refractivity contribution in [1.82, 2.24) is 4.98 Å². The Kier molecular flexibility index (Phi) is 6.00. The predicted molar refractivity (Wildman–Crippen MR) is 177 cm³/mol. The molecule has 1 aliphatic heterocycles. The maximum Gasteiger partial charge on any atom is 0.0736 e. The molecule has 5 aromatic rings. The van der Waals surface area contributed by atoms with Gasteiger partial charge in [0.2, 0.25) is 0 Å². The molecule has 0 unspecified atom stereocenters. The average Bonchev–Trinajstić information content (AvgIpc) is 3.05. The van der Waals surface area contributed by atoms with Gasteiger partial charge in [-0.25, -0.2) is 4.98 Å². The van der Waals surface area contributed by atoms with Crippen LogP contribution in [0.5, 0.6) is 0 Å². The molecule has 0 amide bonds. The van der Waals surface area contributed by atoms with Crippen LogP contribution in [0, 0.1) is 0 Å². The maximum absolute atomic E-state index is 5.15. The fourth-order valence-corrected chi connectivity index (χ4v) is 6.75. The molecule has 2 heteroatoms. The van der Waals surface area contributed by atoms with Crippen LogP contribution in [0.25, 0.3) is 44.4 Å². The molecule has 3 aliphatic rings. The number of para-hydroxylation sites is 1. The SMILES string of the molecule is CC1=CC(c2cccc(C3=CC(N4c5ccccc5-c5cc(-c6ccccc6)nc6cccc4c56)=CCC3)c2)=CCC1. The summed E-state index contributed by atoms with van der Waals surface area (Å²) in [6, 6.07) is 37.3. The summed E-state index contributed by atoms with van der Waals surface area (Å²) in [7, 11) is 0. The van der Waals surface area contributed by atoms with Gasteiger partial charge in [0.05, 0.1) is 22.6 Å². The van der Waals surface area contributed by atoms with Crippen molar-refractivity contribution in [3.63, 3.8) is 0 Å². The van der Waals surface area contributed by atoms with Crippen molar-refractivity contribution in [2.45, 2.75) is 32.6 Å². The van der Waals surface area contributed by atoms with Crippen molar-refractivity contribution in [3.05, 3.63) is 150 Å². The second kappa shape index (κ2) is 10.2. The molecule has 4 aromatic carbocycles. The van der Waals surface area contributed by atoms with E-state index in [1.54, 1.807) is 0 Å². The Morgan fingerprint density at radius 1 is 0.619 bits per heavy atom. The van der Waals surface area contributed by atoms with Crippen molar-refractivity contribution < 1.29 is 0 Å². The molecule has 2 nitrogen and oxygen atoms in total. The van der Waals surface area contributed by atoms with Crippen LogP contribution in [-0.2, 0) is 0 Å². The fraction of sp³-hybridized carbons (Fsp3) is 0.125. The lowest BCUT2D eigenvalue weighted by molar-refractivity contribution is 0.966. The minimum absolute atomic E-state index is 1.01. The number of aromatic nitrogens is 1. The first-order chi connectivity index (χ1) is 20.7. The molecule has 2 heterocycles. The lowest BCUT2D eigenvalue weighted by Crippen LogP contribution is -2.20. The lowest BCUT2D eigenvalue weighted by Gasteiger charge is -2.35. The molecule has 0 fully saturated rings. The number of anilines is 2. The van der Waals surface area contributed by atoms with Crippen LogP contribution >= 0.6 is 0 Å². The van der Waals surface area contributed by atoms with Crippen LogP contribution in [0.1, 0.15) is 43.7 Å². The van der Waals surface area contributed by atoms with Gasteiger partial charge in [0, 0.05) is 22.2 Å². The maximum atomic E-state index is 5.15. The molecule has 42 heavy (non-hydrogen) atoms. The van der Waals surface area contributed by atoms with Gasteiger partial charge >= 0.3 is 0 Å². The molecule has 0 saturated carbocycles. The van der Waals surface area contributed by atoms with Crippen LogP contribution in [-0.4, -0.2) is 4.98 Å². The van der Waals surface area contributed by atoms with Gasteiger partial charge in [0.1, 0.15) is 0 Å². The van der Waals surface area contributed by atoms with Gasteiger partial charge in [0.25, 0.3) is 0 Å². The van der Waals surface area contributed by atoms with Crippen LogP contribution < -0.4 is 4.90 Å². The Morgan fingerprint density at radius 2 is 1.38 bits per heavy atom. The Labute approximate surface area is 247 Å². The number of fused-ring (bicyclic) bond motifs is 2. The predicted octanol–water partition coefficient (Wildman–Crippen LogP) is 10.9. The van der Waals surface area contributed by atoms with Crippen LogP contribution in [0.4, 0.5) is 11.4 Å². The molecule has 0 saturated heterocycles. The molecule has 2 aliphatic carbocycles. The van der Waals surface area contributed by atoms with Crippen molar-refractivity contribution in [1.29, 1.82) is 0 Å². The van der Waals surface area contributed by atoms with Gasteiger partial charge < -0.3 is 4.90 Å². The highest BCUT2D eigenvalue weighted by Gasteiger charge is 2.28. The highest BCUT2D eigenvalue weighted by atomic mass is 15.2. The summed E-state index contributed by atoms with van der Waals surface area (Å²) in [5.41, 5.74) is 16.1. The number of nitrogens with zero attached hydrogens (tertiary/aromatic N) is 2. The first-order valence-corrected chi connectivity index (χ1v) is 15.0. The van der Waals surface area contributed by atoms with E-state index in [2.05, 4.69) is 139 Å². The van der Waals surface area contributed by atoms with E-state index in [-0.39, 0.29) is 0 Å². The summed E-state index contributed by atoms with van der Waals surface area (Å²) in [6.07, 6.45) is 13.9. The van der Waals surface area contributed by atoms with Crippen molar-refractivity contribution in [3.8, 4) is 22.4 Å². The van der Waals surface area contributed by atoms with E-state index < -0.39 is 0 Å². The van der Waals surface area contributed by atoms with E-state index in [0.29, 0.717) is 0 Å². The minimum atomic E-state index is 1.01. The largest absolute Gasteiger partial charge is 0.309 e. The van der Waals surface area contributed by atoms with Gasteiger partial charge in [-0.15, -0.1) is 0 Å². The molecule has 0 atom stereocenters. The van der Waals surface area contributed by atoms with E-state index in [1.807, 2.05) is 0 Å². The first-order valence-electron chi connectivity index (χ1n) is 15.0. The number of allylic oxidation sites excluding steroid dienone is 7. The second-order valence-electron chi connectivity index (χ2n) is 11.6. The molecular weight excluding hydrogens is 508 g/mol. The zero-order chi connectivity index (χ0) is 28.0. The summed E-state index contributed by atoms with van der Waals surface area (Å²) in [4.78, 5) is 7.60.